The summed E-state index contributed by atoms with van der Waals surface area (Å²) in [4.78, 5) is 12.6. The summed E-state index contributed by atoms with van der Waals surface area (Å²) in [6, 6.07) is 7.29. The lowest BCUT2D eigenvalue weighted by Crippen LogP contribution is -2.23. The Bertz CT molecular complexity index is 534. The number of carbonyl (C=O) groups excluding carboxylic acids is 1. The second kappa shape index (κ2) is 5.38. The predicted molar refractivity (Wildman–Crippen MR) is 73.9 cm³/mol. The zero-order chi connectivity index (χ0) is 12.3. The minimum absolute atomic E-state index is 0.0822. The zero-order valence-electron chi connectivity index (χ0n) is 9.43. The molecule has 0 unspecified atom stereocenters. The van der Waals surface area contributed by atoms with Crippen LogP contribution in [0.25, 0.3) is 0 Å². The number of thiol groups is 1. The van der Waals surface area contributed by atoms with Crippen molar-refractivity contribution >= 4 is 29.9 Å². The van der Waals surface area contributed by atoms with Gasteiger partial charge in [-0.25, -0.2) is 0 Å². The maximum Gasteiger partial charge on any atom is 0.252 e. The summed E-state index contributed by atoms with van der Waals surface area (Å²) in [6.45, 7) is 2.61. The fourth-order valence-corrected chi connectivity index (χ4v) is 2.62. The Morgan fingerprint density at radius 1 is 1.35 bits per heavy atom. The van der Waals surface area contributed by atoms with Gasteiger partial charge in [0.15, 0.2) is 0 Å². The van der Waals surface area contributed by atoms with Crippen molar-refractivity contribution in [1.82, 2.24) is 5.32 Å². The molecule has 1 aromatic carbocycles. The monoisotopic (exact) mass is 263 g/mol. The van der Waals surface area contributed by atoms with Crippen molar-refractivity contribution in [2.24, 2.45) is 0 Å². The van der Waals surface area contributed by atoms with Gasteiger partial charge in [-0.15, -0.1) is 12.6 Å². The summed E-state index contributed by atoms with van der Waals surface area (Å²) in [7, 11) is 0. The summed E-state index contributed by atoms with van der Waals surface area (Å²) in [5, 5.41) is 7.04. The van der Waals surface area contributed by atoms with E-state index < -0.39 is 0 Å². The molecule has 0 atom stereocenters. The van der Waals surface area contributed by atoms with Crippen LogP contribution in [0.2, 0.25) is 0 Å². The Labute approximate surface area is 110 Å². The van der Waals surface area contributed by atoms with Gasteiger partial charge in [-0.1, -0.05) is 12.1 Å². The molecule has 0 aliphatic heterocycles. The molecular weight excluding hydrogens is 250 g/mol. The van der Waals surface area contributed by atoms with E-state index in [1.54, 1.807) is 17.4 Å². The lowest BCUT2D eigenvalue weighted by molar-refractivity contribution is 0.0948. The van der Waals surface area contributed by atoms with Crippen molar-refractivity contribution in [3.8, 4) is 0 Å². The molecule has 0 saturated carbocycles. The first-order chi connectivity index (χ1) is 8.18. The van der Waals surface area contributed by atoms with Gasteiger partial charge in [-0.3, -0.25) is 4.79 Å². The highest BCUT2D eigenvalue weighted by Crippen LogP contribution is 2.15. The molecule has 0 spiro atoms. The molecule has 17 heavy (non-hydrogen) atoms. The van der Waals surface area contributed by atoms with Gasteiger partial charge in [0, 0.05) is 11.4 Å². The van der Waals surface area contributed by atoms with Gasteiger partial charge >= 0.3 is 0 Å². The summed E-state index contributed by atoms with van der Waals surface area (Å²) in [5.41, 5.74) is 3.00. The molecule has 88 valence electrons. The third-order valence-corrected chi connectivity index (χ3v) is 3.85. The van der Waals surface area contributed by atoms with Gasteiger partial charge in [-0.05, 0) is 40.9 Å². The van der Waals surface area contributed by atoms with Crippen molar-refractivity contribution in [3.63, 3.8) is 0 Å². The number of nitrogens with one attached hydrogen (secondary N) is 1. The number of rotatable bonds is 3. The standard InChI is InChI=1S/C13H13NOS2/c1-9-7-17-8-10(9)6-14-13(15)11-4-2-3-5-12(11)16/h2-5,7-8,16H,6H2,1H3,(H,14,15). The number of carbonyl (C=O) groups is 1. The van der Waals surface area contributed by atoms with Gasteiger partial charge in [-0.2, -0.15) is 11.3 Å². The van der Waals surface area contributed by atoms with E-state index in [9.17, 15) is 4.79 Å². The van der Waals surface area contributed by atoms with Crippen LogP contribution in [0.1, 0.15) is 21.5 Å². The highest BCUT2D eigenvalue weighted by Gasteiger charge is 2.08. The van der Waals surface area contributed by atoms with E-state index in [2.05, 4.69) is 28.7 Å². The highest BCUT2D eigenvalue weighted by atomic mass is 32.1. The molecule has 0 radical (unpaired) electrons. The van der Waals surface area contributed by atoms with Crippen LogP contribution in [0.4, 0.5) is 0 Å². The first-order valence-electron chi connectivity index (χ1n) is 5.26. The molecule has 1 N–H and O–H groups in total. The Kier molecular flexibility index (Phi) is 3.86. The normalized spacial score (nSPS) is 10.2. The van der Waals surface area contributed by atoms with Crippen LogP contribution in [0.15, 0.2) is 39.9 Å². The molecule has 0 fully saturated rings. The zero-order valence-corrected chi connectivity index (χ0v) is 11.1. The topological polar surface area (TPSA) is 29.1 Å². The van der Waals surface area contributed by atoms with E-state index in [0.717, 1.165) is 0 Å². The van der Waals surface area contributed by atoms with E-state index in [4.69, 9.17) is 0 Å². The lowest BCUT2D eigenvalue weighted by atomic mass is 10.2. The van der Waals surface area contributed by atoms with Gasteiger partial charge in [0.25, 0.3) is 5.91 Å². The first kappa shape index (κ1) is 12.2. The number of amides is 1. The summed E-state index contributed by atoms with van der Waals surface area (Å²) in [6.07, 6.45) is 0. The fraction of sp³-hybridized carbons (Fsp3) is 0.154. The van der Waals surface area contributed by atoms with E-state index in [0.29, 0.717) is 17.0 Å². The fourth-order valence-electron chi connectivity index (χ4n) is 1.50. The molecule has 0 aliphatic carbocycles. The summed E-state index contributed by atoms with van der Waals surface area (Å²) in [5.74, 6) is -0.0822. The Balaban J connectivity index is 2.04. The molecule has 2 rings (SSSR count). The average Bonchev–Trinajstić information content (AvgIpc) is 2.72. The van der Waals surface area contributed by atoms with Crippen LogP contribution in [0.5, 0.6) is 0 Å². The molecule has 1 aromatic heterocycles. The molecule has 4 heteroatoms. The second-order valence-electron chi connectivity index (χ2n) is 3.78. The van der Waals surface area contributed by atoms with Crippen molar-refractivity contribution in [2.75, 3.05) is 0 Å². The Morgan fingerprint density at radius 3 is 2.76 bits per heavy atom. The molecule has 0 bridgehead atoms. The summed E-state index contributed by atoms with van der Waals surface area (Å²) >= 11 is 5.92. The van der Waals surface area contributed by atoms with Gasteiger partial charge in [0.2, 0.25) is 0 Å². The van der Waals surface area contributed by atoms with Crippen molar-refractivity contribution in [1.29, 1.82) is 0 Å². The van der Waals surface area contributed by atoms with Crippen LogP contribution in [0.3, 0.4) is 0 Å². The van der Waals surface area contributed by atoms with Crippen molar-refractivity contribution in [3.05, 3.63) is 51.7 Å². The van der Waals surface area contributed by atoms with Gasteiger partial charge in [0.05, 0.1) is 5.56 Å². The molecule has 2 aromatic rings. The number of thiophene rings is 1. The molecule has 0 aliphatic rings. The SMILES string of the molecule is Cc1cscc1CNC(=O)c1ccccc1S. The number of benzene rings is 1. The van der Waals surface area contributed by atoms with E-state index >= 15 is 0 Å². The molecule has 1 amide bonds. The van der Waals surface area contributed by atoms with Gasteiger partial charge < -0.3 is 5.32 Å². The highest BCUT2D eigenvalue weighted by molar-refractivity contribution is 7.80. The molecule has 2 nitrogen and oxygen atoms in total. The maximum atomic E-state index is 11.9. The van der Waals surface area contributed by atoms with Crippen molar-refractivity contribution < 1.29 is 4.79 Å². The minimum Gasteiger partial charge on any atom is -0.348 e. The van der Waals surface area contributed by atoms with Crippen molar-refractivity contribution in [2.45, 2.75) is 18.4 Å². The third kappa shape index (κ3) is 2.90. The minimum atomic E-state index is -0.0822. The number of aryl methyl sites for hydroxylation is 1. The van der Waals surface area contributed by atoms with Crippen LogP contribution in [0, 0.1) is 6.92 Å². The van der Waals surface area contributed by atoms with Gasteiger partial charge in [0.1, 0.15) is 0 Å². The average molecular weight is 263 g/mol. The Hall–Kier alpha value is -1.26. The van der Waals surface area contributed by atoms with E-state index in [1.165, 1.54) is 11.1 Å². The van der Waals surface area contributed by atoms with E-state index in [1.807, 2.05) is 25.1 Å². The quantitative estimate of drug-likeness (QED) is 0.818. The second-order valence-corrected chi connectivity index (χ2v) is 5.01. The largest absolute Gasteiger partial charge is 0.348 e. The van der Waals surface area contributed by atoms with E-state index in [-0.39, 0.29) is 5.91 Å². The molecular formula is C13H13NOS2. The van der Waals surface area contributed by atoms with Crippen LogP contribution in [-0.4, -0.2) is 5.91 Å². The molecule has 1 heterocycles. The first-order valence-corrected chi connectivity index (χ1v) is 6.65. The Morgan fingerprint density at radius 2 is 2.12 bits per heavy atom. The van der Waals surface area contributed by atoms with Crippen LogP contribution in [-0.2, 0) is 6.54 Å². The number of hydrogen-bond acceptors (Lipinski definition) is 3. The van der Waals surface area contributed by atoms with Crippen LogP contribution < -0.4 is 5.32 Å². The van der Waals surface area contributed by atoms with Crippen LogP contribution >= 0.6 is 24.0 Å². The third-order valence-electron chi connectivity index (χ3n) is 2.55. The lowest BCUT2D eigenvalue weighted by Gasteiger charge is -2.06. The smallest absolute Gasteiger partial charge is 0.252 e. The summed E-state index contributed by atoms with van der Waals surface area (Å²) < 4.78 is 0. The number of hydrogen-bond donors (Lipinski definition) is 2. The molecule has 0 saturated heterocycles. The maximum absolute atomic E-state index is 11.9. The predicted octanol–water partition coefficient (Wildman–Crippen LogP) is 3.28.